The Morgan fingerprint density at radius 3 is 2.95 bits per heavy atom. The number of nitrogens with zero attached hydrogens (tertiary/aromatic N) is 3. The number of nitrogen functional groups attached to an aromatic ring is 1. The van der Waals surface area contributed by atoms with Gasteiger partial charge in [0.05, 0.1) is 12.2 Å². The van der Waals surface area contributed by atoms with Crippen LogP contribution in [0.2, 0.25) is 0 Å². The number of nitrogens with two attached hydrogens (primary N) is 1. The Bertz CT molecular complexity index is 693. The number of hydrogen-bond donors (Lipinski definition) is 1. The third-order valence-electron chi connectivity index (χ3n) is 2.85. The van der Waals surface area contributed by atoms with Crippen LogP contribution in [0.1, 0.15) is 5.69 Å². The van der Waals surface area contributed by atoms with Gasteiger partial charge in [-0.2, -0.15) is 4.98 Å². The average Bonchev–Trinajstić information content (AvgIpc) is 2.83. The summed E-state index contributed by atoms with van der Waals surface area (Å²) in [5.41, 5.74) is 8.86. The normalized spacial score (nSPS) is 10.8. The molecule has 2 heterocycles. The van der Waals surface area contributed by atoms with Gasteiger partial charge in [0.1, 0.15) is 5.52 Å². The Morgan fingerprint density at radius 2 is 2.16 bits per heavy atom. The molecular formula is C14H14N4O. The predicted octanol–water partition coefficient (Wildman–Crippen LogP) is 2.44. The van der Waals surface area contributed by atoms with Gasteiger partial charge in [0.2, 0.25) is 0 Å². The monoisotopic (exact) mass is 254 g/mol. The fourth-order valence-electron chi connectivity index (χ4n) is 1.89. The highest BCUT2D eigenvalue weighted by Crippen LogP contribution is 2.23. The SMILES string of the molecule is CN(Cc1ccccn1)c1nc2ccc(N)cc2o1. The lowest BCUT2D eigenvalue weighted by Crippen LogP contribution is -2.17. The summed E-state index contributed by atoms with van der Waals surface area (Å²) in [6.07, 6.45) is 1.77. The molecule has 0 unspecified atom stereocenters. The number of aromatic nitrogens is 2. The molecule has 19 heavy (non-hydrogen) atoms. The van der Waals surface area contributed by atoms with Crippen LogP contribution in [0.25, 0.3) is 11.1 Å². The van der Waals surface area contributed by atoms with Crippen LogP contribution in [0.3, 0.4) is 0 Å². The fourth-order valence-corrected chi connectivity index (χ4v) is 1.89. The molecular weight excluding hydrogens is 240 g/mol. The molecule has 2 aromatic heterocycles. The van der Waals surface area contributed by atoms with Crippen molar-refractivity contribution in [2.45, 2.75) is 6.54 Å². The van der Waals surface area contributed by atoms with Crippen molar-refractivity contribution in [3.8, 4) is 0 Å². The van der Waals surface area contributed by atoms with E-state index in [0.29, 0.717) is 23.8 Å². The maximum Gasteiger partial charge on any atom is 0.298 e. The number of anilines is 2. The third kappa shape index (κ3) is 2.35. The van der Waals surface area contributed by atoms with Crippen LogP contribution in [0.4, 0.5) is 11.7 Å². The molecule has 0 spiro atoms. The second kappa shape index (κ2) is 4.61. The average molecular weight is 254 g/mol. The standard InChI is InChI=1S/C14H14N4O/c1-18(9-11-4-2-3-7-16-11)14-17-12-6-5-10(15)8-13(12)19-14/h2-8H,9,15H2,1H3. The van der Waals surface area contributed by atoms with Crippen LogP contribution in [-0.2, 0) is 6.54 Å². The van der Waals surface area contributed by atoms with Gasteiger partial charge < -0.3 is 15.1 Å². The molecule has 2 N–H and O–H groups in total. The summed E-state index contributed by atoms with van der Waals surface area (Å²) < 4.78 is 5.69. The third-order valence-corrected chi connectivity index (χ3v) is 2.85. The van der Waals surface area contributed by atoms with Crippen molar-refractivity contribution in [2.24, 2.45) is 0 Å². The molecule has 0 amide bonds. The topological polar surface area (TPSA) is 68.2 Å². The van der Waals surface area contributed by atoms with Crippen LogP contribution in [0.15, 0.2) is 47.0 Å². The summed E-state index contributed by atoms with van der Waals surface area (Å²) in [4.78, 5) is 10.6. The summed E-state index contributed by atoms with van der Waals surface area (Å²) in [5, 5.41) is 0. The van der Waals surface area contributed by atoms with Gasteiger partial charge in [0.25, 0.3) is 6.01 Å². The highest BCUT2D eigenvalue weighted by atomic mass is 16.4. The molecule has 0 aliphatic carbocycles. The van der Waals surface area contributed by atoms with Gasteiger partial charge in [-0.15, -0.1) is 0 Å². The van der Waals surface area contributed by atoms with E-state index >= 15 is 0 Å². The second-order valence-corrected chi connectivity index (χ2v) is 4.40. The van der Waals surface area contributed by atoms with E-state index in [-0.39, 0.29) is 0 Å². The van der Waals surface area contributed by atoms with Crippen molar-refractivity contribution in [3.63, 3.8) is 0 Å². The molecule has 0 aliphatic rings. The molecule has 1 aromatic carbocycles. The van der Waals surface area contributed by atoms with Crippen LogP contribution in [-0.4, -0.2) is 17.0 Å². The largest absolute Gasteiger partial charge is 0.423 e. The molecule has 0 saturated carbocycles. The number of hydrogen-bond acceptors (Lipinski definition) is 5. The minimum Gasteiger partial charge on any atom is -0.423 e. The van der Waals surface area contributed by atoms with Crippen LogP contribution in [0.5, 0.6) is 0 Å². The van der Waals surface area contributed by atoms with E-state index in [9.17, 15) is 0 Å². The van der Waals surface area contributed by atoms with Crippen molar-refractivity contribution in [1.29, 1.82) is 0 Å². The molecule has 5 heteroatoms. The molecule has 3 aromatic rings. The molecule has 5 nitrogen and oxygen atoms in total. The van der Waals surface area contributed by atoms with E-state index in [0.717, 1.165) is 11.2 Å². The molecule has 96 valence electrons. The first-order valence-electron chi connectivity index (χ1n) is 5.99. The predicted molar refractivity (Wildman–Crippen MR) is 74.8 cm³/mol. The van der Waals surface area contributed by atoms with Crippen LogP contribution < -0.4 is 10.6 Å². The fraction of sp³-hybridized carbons (Fsp3) is 0.143. The second-order valence-electron chi connectivity index (χ2n) is 4.40. The Hall–Kier alpha value is -2.56. The van der Waals surface area contributed by atoms with Crippen LogP contribution >= 0.6 is 0 Å². The maximum absolute atomic E-state index is 5.72. The smallest absolute Gasteiger partial charge is 0.298 e. The molecule has 0 atom stereocenters. The minimum atomic E-state index is 0.561. The highest BCUT2D eigenvalue weighted by Gasteiger charge is 2.11. The van der Waals surface area contributed by atoms with Gasteiger partial charge in [-0.1, -0.05) is 6.07 Å². The number of rotatable bonds is 3. The summed E-state index contributed by atoms with van der Waals surface area (Å²) in [6.45, 7) is 0.642. The Labute approximate surface area is 110 Å². The highest BCUT2D eigenvalue weighted by molar-refractivity contribution is 5.78. The van der Waals surface area contributed by atoms with Gasteiger partial charge in [-0.05, 0) is 24.3 Å². The first-order valence-corrected chi connectivity index (χ1v) is 5.99. The zero-order chi connectivity index (χ0) is 13.2. The number of fused-ring (bicyclic) bond motifs is 1. The Kier molecular flexibility index (Phi) is 2.79. The van der Waals surface area contributed by atoms with E-state index in [2.05, 4.69) is 9.97 Å². The van der Waals surface area contributed by atoms with Crippen molar-refractivity contribution in [3.05, 3.63) is 48.3 Å². The van der Waals surface area contributed by atoms with Gasteiger partial charge in [-0.3, -0.25) is 4.98 Å². The van der Waals surface area contributed by atoms with Gasteiger partial charge >= 0.3 is 0 Å². The number of pyridine rings is 1. The summed E-state index contributed by atoms with van der Waals surface area (Å²) >= 11 is 0. The lowest BCUT2D eigenvalue weighted by Gasteiger charge is -2.13. The number of benzene rings is 1. The Morgan fingerprint density at radius 1 is 1.26 bits per heavy atom. The van der Waals surface area contributed by atoms with Crippen LogP contribution in [0, 0.1) is 0 Å². The molecule has 0 fully saturated rings. The van der Waals surface area contributed by atoms with Gasteiger partial charge in [-0.25, -0.2) is 0 Å². The van der Waals surface area contributed by atoms with Crippen molar-refractivity contribution < 1.29 is 4.42 Å². The maximum atomic E-state index is 5.72. The van der Waals surface area contributed by atoms with E-state index in [1.165, 1.54) is 0 Å². The van der Waals surface area contributed by atoms with Crippen molar-refractivity contribution >= 4 is 22.8 Å². The quantitative estimate of drug-likeness (QED) is 0.727. The minimum absolute atomic E-state index is 0.561. The van der Waals surface area contributed by atoms with E-state index < -0.39 is 0 Å². The van der Waals surface area contributed by atoms with E-state index in [1.54, 1.807) is 12.3 Å². The van der Waals surface area contributed by atoms with Gasteiger partial charge in [0.15, 0.2) is 5.58 Å². The molecule has 0 aliphatic heterocycles. The first-order chi connectivity index (χ1) is 9.22. The first kappa shape index (κ1) is 11.5. The molecule has 0 saturated heterocycles. The van der Waals surface area contributed by atoms with E-state index in [4.69, 9.17) is 10.2 Å². The molecule has 0 bridgehead atoms. The van der Waals surface area contributed by atoms with Crippen molar-refractivity contribution in [1.82, 2.24) is 9.97 Å². The summed E-state index contributed by atoms with van der Waals surface area (Å²) in [6, 6.07) is 11.8. The zero-order valence-corrected chi connectivity index (χ0v) is 10.6. The Balaban J connectivity index is 1.87. The molecule has 0 radical (unpaired) electrons. The van der Waals surface area contributed by atoms with Gasteiger partial charge in [0, 0.05) is 25.0 Å². The lowest BCUT2D eigenvalue weighted by atomic mass is 10.3. The zero-order valence-electron chi connectivity index (χ0n) is 10.6. The summed E-state index contributed by atoms with van der Waals surface area (Å²) in [7, 11) is 1.92. The summed E-state index contributed by atoms with van der Waals surface area (Å²) in [5.74, 6) is 0. The number of oxazole rings is 1. The molecule has 3 rings (SSSR count). The van der Waals surface area contributed by atoms with Crippen molar-refractivity contribution in [2.75, 3.05) is 17.7 Å². The van der Waals surface area contributed by atoms with E-state index in [1.807, 2.05) is 42.3 Å². The lowest BCUT2D eigenvalue weighted by molar-refractivity contribution is 0.581.